The summed E-state index contributed by atoms with van der Waals surface area (Å²) >= 11 is 0. The quantitative estimate of drug-likeness (QED) is 0.156. The first-order valence-corrected chi connectivity index (χ1v) is 13.7. The van der Waals surface area contributed by atoms with Crippen molar-refractivity contribution >= 4 is 34.4 Å². The van der Waals surface area contributed by atoms with Gasteiger partial charge in [-0.05, 0) is 34.4 Å². The van der Waals surface area contributed by atoms with Crippen LogP contribution in [-0.4, -0.2) is 22.5 Å². The highest BCUT2D eigenvalue weighted by Crippen LogP contribution is 2.31. The number of aldehydes is 2. The lowest BCUT2D eigenvalue weighted by Gasteiger charge is -2.10. The summed E-state index contributed by atoms with van der Waals surface area (Å²) in [6, 6.07) is 43.8. The average molecular weight is 541 g/mol. The number of pyridine rings is 2. The lowest BCUT2D eigenvalue weighted by molar-refractivity contribution is 0.111. The predicted octanol–water partition coefficient (Wildman–Crippen LogP) is 9.08. The minimum absolute atomic E-state index is 0.669. The Kier molecular flexibility index (Phi) is 6.42. The van der Waals surface area contributed by atoms with Crippen LogP contribution in [0.1, 0.15) is 20.7 Å². The summed E-state index contributed by atoms with van der Waals surface area (Å²) in [4.78, 5) is 33.1. The van der Waals surface area contributed by atoms with Crippen molar-refractivity contribution in [3.63, 3.8) is 0 Å². The van der Waals surface area contributed by atoms with Gasteiger partial charge in [0.15, 0.2) is 12.6 Å². The van der Waals surface area contributed by atoms with Crippen molar-refractivity contribution < 1.29 is 9.59 Å². The summed E-state index contributed by atoms with van der Waals surface area (Å²) in [7, 11) is 0. The van der Waals surface area contributed by atoms with Crippen molar-refractivity contribution in [2.75, 3.05) is 0 Å². The molecular weight excluding hydrogens is 516 g/mol. The van der Waals surface area contributed by atoms with E-state index in [9.17, 15) is 9.59 Å². The van der Waals surface area contributed by atoms with Gasteiger partial charge in [-0.1, -0.05) is 121 Å². The summed E-state index contributed by atoms with van der Waals surface area (Å²) in [6.45, 7) is 0. The van der Waals surface area contributed by atoms with Crippen LogP contribution in [0.15, 0.2) is 133 Å². The number of carbonyl (C=O) groups excluding carboxylic acids is 2. The van der Waals surface area contributed by atoms with Gasteiger partial charge in [0, 0.05) is 33.0 Å². The molecule has 4 nitrogen and oxygen atoms in total. The number of hydrogen-bond donors (Lipinski definition) is 0. The summed E-state index contributed by atoms with van der Waals surface area (Å²) in [5.74, 6) is 0. The van der Waals surface area contributed by atoms with Crippen molar-refractivity contribution in [3.05, 3.63) is 145 Å². The van der Waals surface area contributed by atoms with E-state index in [1.54, 1.807) is 0 Å². The molecule has 0 aliphatic rings. The Hall–Kier alpha value is -5.74. The fourth-order valence-electron chi connectivity index (χ4n) is 5.46. The van der Waals surface area contributed by atoms with Crippen LogP contribution < -0.4 is 0 Å². The Labute approximate surface area is 243 Å². The molecule has 0 unspecified atom stereocenters. The number of benzene rings is 5. The van der Waals surface area contributed by atoms with Gasteiger partial charge in [0.05, 0.1) is 22.4 Å². The molecule has 7 aromatic rings. The highest BCUT2D eigenvalue weighted by Gasteiger charge is 2.11. The van der Waals surface area contributed by atoms with Crippen LogP contribution in [0.2, 0.25) is 0 Å². The molecule has 0 N–H and O–H groups in total. The Bertz CT molecular complexity index is 1960. The van der Waals surface area contributed by atoms with Crippen LogP contribution in [0, 0.1) is 0 Å². The van der Waals surface area contributed by atoms with Crippen molar-refractivity contribution in [1.82, 2.24) is 9.97 Å². The predicted molar refractivity (Wildman–Crippen MR) is 170 cm³/mol. The zero-order chi connectivity index (χ0) is 28.5. The molecule has 5 aromatic carbocycles. The lowest BCUT2D eigenvalue weighted by Crippen LogP contribution is -1.92. The minimum atomic E-state index is 0.669. The Morgan fingerprint density at radius 1 is 0.381 bits per heavy atom. The van der Waals surface area contributed by atoms with Crippen LogP contribution in [0.25, 0.3) is 66.6 Å². The van der Waals surface area contributed by atoms with Gasteiger partial charge in [-0.2, -0.15) is 0 Å². The van der Waals surface area contributed by atoms with Crippen molar-refractivity contribution in [2.45, 2.75) is 0 Å². The van der Waals surface area contributed by atoms with E-state index in [0.717, 1.165) is 79.1 Å². The maximum absolute atomic E-state index is 11.5. The molecular formula is C38H24N2O2. The SMILES string of the molecule is O=Cc1ccccc1-c1ccc(-c2ccc3ccc4ccc(-c5ccc(-c6ccccc6C=O)cc5)nc4c3n2)cc1. The maximum Gasteiger partial charge on any atom is 0.150 e. The van der Waals surface area contributed by atoms with E-state index in [1.807, 2.05) is 109 Å². The van der Waals surface area contributed by atoms with Gasteiger partial charge in [-0.3, -0.25) is 9.59 Å². The molecule has 7 rings (SSSR count). The third kappa shape index (κ3) is 4.55. The molecule has 0 fully saturated rings. The first-order valence-electron chi connectivity index (χ1n) is 13.7. The van der Waals surface area contributed by atoms with Gasteiger partial charge >= 0.3 is 0 Å². The molecule has 42 heavy (non-hydrogen) atoms. The maximum atomic E-state index is 11.5. The van der Waals surface area contributed by atoms with Crippen molar-refractivity contribution in [3.8, 4) is 44.8 Å². The van der Waals surface area contributed by atoms with Gasteiger partial charge in [0.25, 0.3) is 0 Å². The monoisotopic (exact) mass is 540 g/mol. The second kappa shape index (κ2) is 10.7. The summed E-state index contributed by atoms with van der Waals surface area (Å²) < 4.78 is 0. The Morgan fingerprint density at radius 3 is 1.14 bits per heavy atom. The van der Waals surface area contributed by atoms with E-state index in [1.165, 1.54) is 0 Å². The van der Waals surface area contributed by atoms with Gasteiger partial charge in [0.2, 0.25) is 0 Å². The van der Waals surface area contributed by atoms with E-state index >= 15 is 0 Å². The van der Waals surface area contributed by atoms with Crippen LogP contribution in [0.5, 0.6) is 0 Å². The molecule has 0 saturated heterocycles. The molecule has 0 bridgehead atoms. The number of fused-ring (bicyclic) bond motifs is 3. The molecule has 0 aliphatic carbocycles. The van der Waals surface area contributed by atoms with Crippen LogP contribution in [-0.2, 0) is 0 Å². The fourth-order valence-corrected chi connectivity index (χ4v) is 5.46. The molecule has 0 aliphatic heterocycles. The van der Waals surface area contributed by atoms with Gasteiger partial charge in [-0.15, -0.1) is 0 Å². The molecule has 0 atom stereocenters. The van der Waals surface area contributed by atoms with Crippen LogP contribution >= 0.6 is 0 Å². The summed E-state index contributed by atoms with van der Waals surface area (Å²) in [5.41, 5.74) is 10.5. The highest BCUT2D eigenvalue weighted by atomic mass is 16.1. The normalized spacial score (nSPS) is 11.0. The third-order valence-corrected chi connectivity index (χ3v) is 7.68. The zero-order valence-corrected chi connectivity index (χ0v) is 22.6. The second-order valence-corrected chi connectivity index (χ2v) is 10.2. The largest absolute Gasteiger partial charge is 0.298 e. The topological polar surface area (TPSA) is 59.9 Å². The number of carbonyl (C=O) groups is 2. The van der Waals surface area contributed by atoms with E-state index in [2.05, 4.69) is 24.3 Å². The van der Waals surface area contributed by atoms with E-state index < -0.39 is 0 Å². The summed E-state index contributed by atoms with van der Waals surface area (Å²) in [5, 5.41) is 2.04. The molecule has 198 valence electrons. The number of rotatable bonds is 6. The molecule has 0 radical (unpaired) electrons. The standard InChI is InChI=1S/C38H24N2O2/c41-23-31-5-1-3-7-33(31)25-9-13-27(14-10-25)35-21-19-29-17-18-30-20-22-36(40-38(30)37(29)39-35)28-15-11-26(12-16-28)34-8-4-2-6-32(34)24-42/h1-24H. The van der Waals surface area contributed by atoms with Crippen LogP contribution in [0.4, 0.5) is 0 Å². The fraction of sp³-hybridized carbons (Fsp3) is 0. The first-order chi connectivity index (χ1) is 20.7. The lowest BCUT2D eigenvalue weighted by atomic mass is 9.98. The molecule has 0 amide bonds. The zero-order valence-electron chi connectivity index (χ0n) is 22.6. The van der Waals surface area contributed by atoms with E-state index in [-0.39, 0.29) is 0 Å². The summed E-state index contributed by atoms with van der Waals surface area (Å²) in [6.07, 6.45) is 1.78. The minimum Gasteiger partial charge on any atom is -0.298 e. The van der Waals surface area contributed by atoms with Crippen LogP contribution in [0.3, 0.4) is 0 Å². The average Bonchev–Trinajstić information content (AvgIpc) is 3.08. The van der Waals surface area contributed by atoms with Crippen molar-refractivity contribution in [1.29, 1.82) is 0 Å². The molecule has 2 aromatic heterocycles. The van der Waals surface area contributed by atoms with Gasteiger partial charge < -0.3 is 0 Å². The highest BCUT2D eigenvalue weighted by molar-refractivity contribution is 6.04. The molecule has 4 heteroatoms. The number of hydrogen-bond acceptors (Lipinski definition) is 4. The molecule has 2 heterocycles. The molecule has 0 saturated carbocycles. The van der Waals surface area contributed by atoms with E-state index in [0.29, 0.717) is 11.1 Å². The number of nitrogens with zero attached hydrogens (tertiary/aromatic N) is 2. The Morgan fingerprint density at radius 2 is 0.738 bits per heavy atom. The molecule has 0 spiro atoms. The van der Waals surface area contributed by atoms with Gasteiger partial charge in [-0.25, -0.2) is 9.97 Å². The first kappa shape index (κ1) is 25.2. The van der Waals surface area contributed by atoms with Gasteiger partial charge in [0.1, 0.15) is 0 Å². The number of aromatic nitrogens is 2. The Balaban J connectivity index is 1.26. The van der Waals surface area contributed by atoms with Crippen molar-refractivity contribution in [2.24, 2.45) is 0 Å². The smallest absolute Gasteiger partial charge is 0.150 e. The third-order valence-electron chi connectivity index (χ3n) is 7.68. The van der Waals surface area contributed by atoms with E-state index in [4.69, 9.17) is 9.97 Å². The second-order valence-electron chi connectivity index (χ2n) is 10.2.